The monoisotopic (exact) mass is 416 g/mol. The average molecular weight is 417 g/mol. The molecule has 0 amide bonds. The maximum atomic E-state index is 13.3. The molecular weight excluding hydrogens is 384 g/mol. The van der Waals surface area contributed by atoms with Gasteiger partial charge in [0.05, 0.1) is 24.5 Å². The van der Waals surface area contributed by atoms with Crippen molar-refractivity contribution in [2.45, 2.75) is 70.4 Å². The highest BCUT2D eigenvalue weighted by atomic mass is 28.4. The van der Waals surface area contributed by atoms with Gasteiger partial charge in [-0.2, -0.15) is 0 Å². The molecule has 7 fully saturated rings. The van der Waals surface area contributed by atoms with Crippen LogP contribution in [0.15, 0.2) is 12.2 Å². The van der Waals surface area contributed by atoms with Gasteiger partial charge in [-0.3, -0.25) is 9.59 Å². The van der Waals surface area contributed by atoms with Crippen molar-refractivity contribution < 1.29 is 23.5 Å². The normalized spacial score (nSPS) is 56.0. The first kappa shape index (κ1) is 18.6. The van der Waals surface area contributed by atoms with Crippen molar-refractivity contribution in [1.29, 1.82) is 0 Å². The van der Waals surface area contributed by atoms with E-state index in [-0.39, 0.29) is 46.6 Å². The molecule has 1 saturated heterocycles. The van der Waals surface area contributed by atoms with E-state index in [9.17, 15) is 9.59 Å². The van der Waals surface area contributed by atoms with Crippen molar-refractivity contribution in [3.05, 3.63) is 12.2 Å². The third kappa shape index (κ3) is 1.60. The Morgan fingerprint density at radius 1 is 1.24 bits per heavy atom. The molecule has 0 aromatic carbocycles. The summed E-state index contributed by atoms with van der Waals surface area (Å²) in [4.78, 5) is 26.7. The van der Waals surface area contributed by atoms with Crippen molar-refractivity contribution in [2.75, 3.05) is 7.11 Å². The lowest BCUT2D eigenvalue weighted by Gasteiger charge is -2.52. The second-order valence-corrected chi connectivity index (χ2v) is 16.3. The Balaban J connectivity index is 1.61. The minimum Gasteiger partial charge on any atom is -0.469 e. The van der Waals surface area contributed by atoms with Gasteiger partial charge in [-0.1, -0.05) is 12.2 Å². The van der Waals surface area contributed by atoms with Crippen LogP contribution in [0, 0.1) is 39.9 Å². The van der Waals surface area contributed by atoms with Crippen LogP contribution < -0.4 is 0 Å². The van der Waals surface area contributed by atoms with E-state index in [1.165, 1.54) is 12.7 Å². The van der Waals surface area contributed by atoms with Crippen molar-refractivity contribution in [3.8, 4) is 0 Å². The fourth-order valence-corrected chi connectivity index (χ4v) is 10.6. The summed E-state index contributed by atoms with van der Waals surface area (Å²) < 4.78 is 18.7. The Morgan fingerprint density at radius 2 is 1.97 bits per heavy atom. The Hall–Kier alpha value is -1.14. The lowest BCUT2D eigenvalue weighted by atomic mass is 9.54. The van der Waals surface area contributed by atoms with Gasteiger partial charge in [-0.05, 0) is 70.5 Å². The summed E-state index contributed by atoms with van der Waals surface area (Å²) in [6.07, 6.45) is 4.54. The molecule has 6 aliphatic carbocycles. The largest absolute Gasteiger partial charge is 0.469 e. The van der Waals surface area contributed by atoms with E-state index < -0.39 is 19.3 Å². The molecule has 0 aromatic rings. The van der Waals surface area contributed by atoms with Crippen LogP contribution in [0.25, 0.3) is 0 Å². The standard InChI is InChI=1S/C23H32O5Si/c1-12-13-7-10-22-16(12)21(22,11-13)15(18(24)26-3)17-20(2)9-8-14(28-29(4,5)6)23(17,22)27-19(20)25/h13-17H,1,7-11H2,2-6H3/t13-,14-,15-,16-,17-,20-,21-,22+,23+/m1/s1. The number of hydrogen-bond donors (Lipinski definition) is 0. The zero-order valence-electron chi connectivity index (χ0n) is 18.2. The van der Waals surface area contributed by atoms with Crippen LogP contribution in [0.4, 0.5) is 0 Å². The molecule has 9 atom stereocenters. The number of hydrogen-bond acceptors (Lipinski definition) is 5. The van der Waals surface area contributed by atoms with E-state index in [0.717, 1.165) is 32.1 Å². The number of carbonyl (C=O) groups excluding carboxylic acids is 2. The molecule has 7 rings (SSSR count). The molecule has 1 heterocycles. The Labute approximate surface area is 173 Å². The van der Waals surface area contributed by atoms with Gasteiger partial charge in [0.1, 0.15) is 5.60 Å². The van der Waals surface area contributed by atoms with Gasteiger partial charge in [0.15, 0.2) is 8.32 Å². The third-order valence-electron chi connectivity index (χ3n) is 9.94. The Kier molecular flexibility index (Phi) is 3.11. The first-order valence-electron chi connectivity index (χ1n) is 11.2. The van der Waals surface area contributed by atoms with E-state index in [0.29, 0.717) is 5.92 Å². The van der Waals surface area contributed by atoms with Crippen molar-refractivity contribution in [2.24, 2.45) is 39.9 Å². The molecule has 6 bridgehead atoms. The highest BCUT2D eigenvalue weighted by Crippen LogP contribution is 2.98. The fourth-order valence-electron chi connectivity index (χ4n) is 9.50. The van der Waals surface area contributed by atoms with Gasteiger partial charge in [0.2, 0.25) is 0 Å². The molecule has 2 spiro atoms. The number of carbonyl (C=O) groups is 2. The summed E-state index contributed by atoms with van der Waals surface area (Å²) in [5, 5.41) is 0. The summed E-state index contributed by atoms with van der Waals surface area (Å²) >= 11 is 0. The average Bonchev–Trinajstić information content (AvgIpc) is 3.01. The summed E-state index contributed by atoms with van der Waals surface area (Å²) in [5.41, 5.74) is -0.359. The molecule has 7 aliphatic rings. The zero-order valence-corrected chi connectivity index (χ0v) is 19.2. The highest BCUT2D eigenvalue weighted by molar-refractivity contribution is 6.69. The number of esters is 2. The van der Waals surface area contributed by atoms with Crippen LogP contribution in [0.5, 0.6) is 0 Å². The predicted molar refractivity (Wildman–Crippen MR) is 108 cm³/mol. The minimum absolute atomic E-state index is 0.125. The maximum Gasteiger partial charge on any atom is 0.312 e. The van der Waals surface area contributed by atoms with Crippen LogP contribution >= 0.6 is 0 Å². The van der Waals surface area contributed by atoms with Gasteiger partial charge < -0.3 is 13.9 Å². The quantitative estimate of drug-likeness (QED) is 0.399. The first-order chi connectivity index (χ1) is 13.5. The highest BCUT2D eigenvalue weighted by Gasteiger charge is 3.02. The minimum atomic E-state index is -1.88. The van der Waals surface area contributed by atoms with E-state index >= 15 is 0 Å². The molecule has 29 heavy (non-hydrogen) atoms. The summed E-state index contributed by atoms with van der Waals surface area (Å²) in [6, 6.07) is 0. The SMILES string of the molecule is C=C1[C@@H]2CC[C@]34[C@H]1[C@@]3(C2)[C@@H](C(=O)OC)[C@H]1[C@]42OC(=O)[C@]1(C)CC[C@H]2O[Si](C)(C)C. The van der Waals surface area contributed by atoms with Crippen molar-refractivity contribution >= 4 is 20.3 Å². The predicted octanol–water partition coefficient (Wildman–Crippen LogP) is 3.69. The molecule has 158 valence electrons. The molecule has 1 aliphatic heterocycles. The summed E-state index contributed by atoms with van der Waals surface area (Å²) in [5.74, 6) is 0.0614. The molecule has 0 radical (unpaired) electrons. The lowest BCUT2D eigenvalue weighted by molar-refractivity contribution is -0.180. The van der Waals surface area contributed by atoms with Gasteiger partial charge in [0.25, 0.3) is 0 Å². The second kappa shape index (κ2) is 4.85. The van der Waals surface area contributed by atoms with Crippen LogP contribution in [0.2, 0.25) is 19.6 Å². The van der Waals surface area contributed by atoms with Gasteiger partial charge in [-0.15, -0.1) is 0 Å². The van der Waals surface area contributed by atoms with E-state index in [1.807, 2.05) is 6.92 Å². The molecule has 0 unspecified atom stereocenters. The summed E-state index contributed by atoms with van der Waals surface area (Å²) in [6.45, 7) is 13.1. The van der Waals surface area contributed by atoms with E-state index in [1.54, 1.807) is 0 Å². The molecule has 6 heteroatoms. The fraction of sp³-hybridized carbons (Fsp3) is 0.826. The molecule has 5 nitrogen and oxygen atoms in total. The first-order valence-corrected chi connectivity index (χ1v) is 14.6. The lowest BCUT2D eigenvalue weighted by Crippen LogP contribution is -2.62. The third-order valence-corrected chi connectivity index (χ3v) is 10.9. The molecular formula is C23H32O5Si. The smallest absolute Gasteiger partial charge is 0.312 e. The molecule has 6 saturated carbocycles. The Bertz CT molecular complexity index is 877. The van der Waals surface area contributed by atoms with E-state index in [2.05, 4.69) is 26.2 Å². The van der Waals surface area contributed by atoms with Gasteiger partial charge in [0, 0.05) is 16.7 Å². The maximum absolute atomic E-state index is 13.3. The number of methoxy groups -OCH3 is 1. The number of ether oxygens (including phenoxy) is 2. The summed E-state index contributed by atoms with van der Waals surface area (Å²) in [7, 11) is -0.395. The van der Waals surface area contributed by atoms with Crippen molar-refractivity contribution in [3.63, 3.8) is 0 Å². The second-order valence-electron chi connectivity index (χ2n) is 11.8. The van der Waals surface area contributed by atoms with Gasteiger partial charge >= 0.3 is 11.9 Å². The molecule has 0 aromatic heterocycles. The topological polar surface area (TPSA) is 61.8 Å². The van der Waals surface area contributed by atoms with Crippen LogP contribution in [0.1, 0.15) is 39.0 Å². The number of rotatable bonds is 3. The van der Waals surface area contributed by atoms with Crippen LogP contribution in [0.3, 0.4) is 0 Å². The number of fused-ring (bicyclic) bond motifs is 1. The zero-order chi connectivity index (χ0) is 20.8. The Morgan fingerprint density at radius 3 is 2.62 bits per heavy atom. The molecule has 0 N–H and O–H groups in total. The van der Waals surface area contributed by atoms with Crippen LogP contribution in [-0.2, 0) is 23.5 Å². The van der Waals surface area contributed by atoms with Gasteiger partial charge in [-0.25, -0.2) is 0 Å². The van der Waals surface area contributed by atoms with Crippen LogP contribution in [-0.4, -0.2) is 39.1 Å². The van der Waals surface area contributed by atoms with Crippen molar-refractivity contribution in [1.82, 2.24) is 0 Å². The van der Waals surface area contributed by atoms with E-state index in [4.69, 9.17) is 13.9 Å². The number of allylic oxidation sites excluding steroid dienone is 1.